The first-order valence-corrected chi connectivity index (χ1v) is 6.18. The molecule has 0 saturated heterocycles. The van der Waals surface area contributed by atoms with Gasteiger partial charge in [0.1, 0.15) is 5.75 Å². The Balaban J connectivity index is 2.26. The molecule has 3 N–H and O–H groups in total. The first-order chi connectivity index (χ1) is 9.65. The molecule has 0 aliphatic carbocycles. The molecule has 0 aliphatic heterocycles. The maximum absolute atomic E-state index is 13.3. The lowest BCUT2D eigenvalue weighted by molar-refractivity contribution is 0.405. The number of hydrogen-bond acceptors (Lipinski definition) is 3. The topological polar surface area (TPSA) is 47.3 Å². The van der Waals surface area contributed by atoms with Gasteiger partial charge in [-0.1, -0.05) is 24.3 Å². The van der Waals surface area contributed by atoms with Gasteiger partial charge in [0, 0.05) is 0 Å². The van der Waals surface area contributed by atoms with Gasteiger partial charge in [-0.2, -0.15) is 0 Å². The zero-order valence-corrected chi connectivity index (χ0v) is 11.1. The van der Waals surface area contributed by atoms with E-state index in [9.17, 15) is 8.78 Å². The molecular weight excluding hydrogens is 262 g/mol. The Morgan fingerprint density at radius 3 is 2.55 bits per heavy atom. The lowest BCUT2D eigenvalue weighted by Gasteiger charge is -2.18. The van der Waals surface area contributed by atoms with Crippen LogP contribution in [0.25, 0.3) is 0 Å². The zero-order chi connectivity index (χ0) is 14.5. The second-order valence-electron chi connectivity index (χ2n) is 4.41. The van der Waals surface area contributed by atoms with Gasteiger partial charge < -0.3 is 4.74 Å². The summed E-state index contributed by atoms with van der Waals surface area (Å²) in [7, 11) is 1.58. The lowest BCUT2D eigenvalue weighted by atomic mass is 9.98. The summed E-state index contributed by atoms with van der Waals surface area (Å²) in [6.07, 6.45) is 0.506. The van der Waals surface area contributed by atoms with Crippen molar-refractivity contribution in [2.45, 2.75) is 12.5 Å². The van der Waals surface area contributed by atoms with E-state index in [0.717, 1.165) is 23.4 Å². The summed E-state index contributed by atoms with van der Waals surface area (Å²) in [5.41, 5.74) is 4.13. The first-order valence-electron chi connectivity index (χ1n) is 6.18. The van der Waals surface area contributed by atoms with E-state index >= 15 is 0 Å². The van der Waals surface area contributed by atoms with Crippen molar-refractivity contribution in [3.05, 3.63) is 65.2 Å². The lowest BCUT2D eigenvalue weighted by Crippen LogP contribution is -2.29. The Bertz CT molecular complexity index is 590. The Morgan fingerprint density at radius 1 is 1.15 bits per heavy atom. The molecule has 2 aromatic carbocycles. The van der Waals surface area contributed by atoms with Gasteiger partial charge in [-0.15, -0.1) is 0 Å². The van der Waals surface area contributed by atoms with Crippen LogP contribution in [-0.4, -0.2) is 7.11 Å². The fourth-order valence-corrected chi connectivity index (χ4v) is 2.09. The Morgan fingerprint density at radius 2 is 1.90 bits per heavy atom. The van der Waals surface area contributed by atoms with Gasteiger partial charge in [-0.05, 0) is 35.7 Å². The number of hydrazine groups is 1. The summed E-state index contributed by atoms with van der Waals surface area (Å²) in [5.74, 6) is 4.50. The molecule has 1 unspecified atom stereocenters. The van der Waals surface area contributed by atoms with E-state index in [1.807, 2.05) is 24.3 Å². The van der Waals surface area contributed by atoms with E-state index in [1.54, 1.807) is 7.11 Å². The highest BCUT2D eigenvalue weighted by Gasteiger charge is 2.15. The number of methoxy groups -OCH3 is 1. The maximum Gasteiger partial charge on any atom is 0.159 e. The molecule has 0 saturated carbocycles. The van der Waals surface area contributed by atoms with Gasteiger partial charge in [-0.3, -0.25) is 11.3 Å². The average Bonchev–Trinajstić information content (AvgIpc) is 2.48. The van der Waals surface area contributed by atoms with Crippen LogP contribution in [-0.2, 0) is 6.42 Å². The molecule has 5 heteroatoms. The summed E-state index contributed by atoms with van der Waals surface area (Å²) in [4.78, 5) is 0. The fourth-order valence-electron chi connectivity index (χ4n) is 2.09. The minimum absolute atomic E-state index is 0.332. The molecule has 3 nitrogen and oxygen atoms in total. The Labute approximate surface area is 116 Å². The molecule has 2 rings (SSSR count). The van der Waals surface area contributed by atoms with Crippen LogP contribution in [0.4, 0.5) is 8.78 Å². The van der Waals surface area contributed by atoms with E-state index < -0.39 is 11.6 Å². The largest absolute Gasteiger partial charge is 0.496 e. The standard InChI is InChI=1S/C15H16F2N2O/c1-20-15-5-3-2-4-11(15)9-14(19-18)10-6-7-12(16)13(17)8-10/h2-8,14,19H,9,18H2,1H3. The number of para-hydroxylation sites is 1. The van der Waals surface area contributed by atoms with Crippen LogP contribution >= 0.6 is 0 Å². The minimum Gasteiger partial charge on any atom is -0.496 e. The van der Waals surface area contributed by atoms with Crippen LogP contribution in [0.3, 0.4) is 0 Å². The van der Waals surface area contributed by atoms with Gasteiger partial charge >= 0.3 is 0 Å². The molecular formula is C15H16F2N2O. The third-order valence-corrected chi connectivity index (χ3v) is 3.16. The molecule has 0 heterocycles. The SMILES string of the molecule is COc1ccccc1CC(NN)c1ccc(F)c(F)c1. The molecule has 20 heavy (non-hydrogen) atoms. The summed E-state index contributed by atoms with van der Waals surface area (Å²) in [6, 6.07) is 10.9. The van der Waals surface area contributed by atoms with Crippen LogP contribution < -0.4 is 16.0 Å². The third-order valence-electron chi connectivity index (χ3n) is 3.16. The number of rotatable bonds is 5. The first kappa shape index (κ1) is 14.4. The van der Waals surface area contributed by atoms with Crippen LogP contribution in [0, 0.1) is 11.6 Å². The monoisotopic (exact) mass is 278 g/mol. The van der Waals surface area contributed by atoms with Crippen molar-refractivity contribution in [2.75, 3.05) is 7.11 Å². The molecule has 0 bridgehead atoms. The smallest absolute Gasteiger partial charge is 0.159 e. The number of benzene rings is 2. The second-order valence-corrected chi connectivity index (χ2v) is 4.41. The normalized spacial score (nSPS) is 12.2. The van der Waals surface area contributed by atoms with Crippen LogP contribution in [0.15, 0.2) is 42.5 Å². The number of nitrogens with one attached hydrogen (secondary N) is 1. The van der Waals surface area contributed by atoms with E-state index in [-0.39, 0.29) is 6.04 Å². The van der Waals surface area contributed by atoms with Crippen LogP contribution in [0.1, 0.15) is 17.2 Å². The van der Waals surface area contributed by atoms with Crippen molar-refractivity contribution in [1.29, 1.82) is 0 Å². The van der Waals surface area contributed by atoms with Crippen molar-refractivity contribution in [2.24, 2.45) is 5.84 Å². The number of nitrogens with two attached hydrogens (primary N) is 1. The number of hydrogen-bond donors (Lipinski definition) is 2. The van der Waals surface area contributed by atoms with Gasteiger partial charge in [0.05, 0.1) is 13.2 Å². The summed E-state index contributed by atoms with van der Waals surface area (Å²) >= 11 is 0. The fraction of sp³-hybridized carbons (Fsp3) is 0.200. The van der Waals surface area contributed by atoms with Gasteiger partial charge in [0.2, 0.25) is 0 Å². The maximum atomic E-state index is 13.3. The molecule has 1 atom stereocenters. The molecule has 0 aliphatic rings. The summed E-state index contributed by atoms with van der Waals surface area (Å²) in [6.45, 7) is 0. The summed E-state index contributed by atoms with van der Waals surface area (Å²) in [5, 5.41) is 0. The van der Waals surface area contributed by atoms with Gasteiger partial charge in [0.25, 0.3) is 0 Å². The number of halogens is 2. The van der Waals surface area contributed by atoms with E-state index in [0.29, 0.717) is 12.0 Å². The quantitative estimate of drug-likeness (QED) is 0.653. The highest BCUT2D eigenvalue weighted by molar-refractivity contribution is 5.35. The van der Waals surface area contributed by atoms with Crippen molar-refractivity contribution in [1.82, 2.24) is 5.43 Å². The molecule has 0 fully saturated rings. The predicted octanol–water partition coefficient (Wildman–Crippen LogP) is 2.72. The van der Waals surface area contributed by atoms with Gasteiger partial charge in [0.15, 0.2) is 11.6 Å². The van der Waals surface area contributed by atoms with E-state index in [1.165, 1.54) is 6.07 Å². The Kier molecular flexibility index (Phi) is 4.65. The molecule has 2 aromatic rings. The van der Waals surface area contributed by atoms with Crippen LogP contribution in [0.5, 0.6) is 5.75 Å². The minimum atomic E-state index is -0.886. The van der Waals surface area contributed by atoms with E-state index in [4.69, 9.17) is 10.6 Å². The predicted molar refractivity (Wildman–Crippen MR) is 73.1 cm³/mol. The second kappa shape index (κ2) is 6.45. The zero-order valence-electron chi connectivity index (χ0n) is 11.1. The highest BCUT2D eigenvalue weighted by Crippen LogP contribution is 2.25. The third kappa shape index (κ3) is 3.12. The highest BCUT2D eigenvalue weighted by atomic mass is 19.2. The molecule has 0 amide bonds. The molecule has 0 spiro atoms. The van der Waals surface area contributed by atoms with Gasteiger partial charge in [-0.25, -0.2) is 8.78 Å². The average molecular weight is 278 g/mol. The van der Waals surface area contributed by atoms with Crippen molar-refractivity contribution >= 4 is 0 Å². The van der Waals surface area contributed by atoms with Crippen molar-refractivity contribution < 1.29 is 13.5 Å². The Hall–Kier alpha value is -1.98. The van der Waals surface area contributed by atoms with Crippen molar-refractivity contribution in [3.8, 4) is 5.75 Å². The molecule has 106 valence electrons. The summed E-state index contributed by atoms with van der Waals surface area (Å²) < 4.78 is 31.5. The van der Waals surface area contributed by atoms with E-state index in [2.05, 4.69) is 5.43 Å². The van der Waals surface area contributed by atoms with Crippen LogP contribution in [0.2, 0.25) is 0 Å². The molecule has 0 radical (unpaired) electrons. The van der Waals surface area contributed by atoms with Crippen molar-refractivity contribution in [3.63, 3.8) is 0 Å². The molecule has 0 aromatic heterocycles. The number of ether oxygens (including phenoxy) is 1.